The lowest BCUT2D eigenvalue weighted by atomic mass is 9.83. The Morgan fingerprint density at radius 2 is 0.795 bits per heavy atom. The Kier molecular flexibility index (Phi) is 6.35. The summed E-state index contributed by atoms with van der Waals surface area (Å²) in [4.78, 5) is 0. The minimum Gasteiger partial charge on any atom is -0.0622 e. The van der Waals surface area contributed by atoms with Gasteiger partial charge in [0.1, 0.15) is 0 Å². The van der Waals surface area contributed by atoms with E-state index in [1.54, 1.807) is 0 Å². The first-order valence-electron chi connectivity index (χ1n) is 15.4. The van der Waals surface area contributed by atoms with Crippen molar-refractivity contribution < 1.29 is 0 Å². The first-order chi connectivity index (χ1) is 21.6. The molecule has 8 rings (SSSR count). The van der Waals surface area contributed by atoms with Crippen LogP contribution >= 0.6 is 0 Å². The van der Waals surface area contributed by atoms with Gasteiger partial charge in [0.25, 0.3) is 0 Å². The standard InChI is InChI=1S/C44H32/c1-29-15-19-31(20-16-29)35-24-26-40-41(27-35)43(34-10-4-3-5-11-34)39-25-23-36(32-21-17-30(2)18-22-32)28-42(39)44(40)38-14-8-12-33-9-6-7-13-37(33)38/h3-28H,1-2H3. The van der Waals surface area contributed by atoms with Crippen LogP contribution in [0, 0.1) is 13.8 Å². The van der Waals surface area contributed by atoms with Gasteiger partial charge in [-0.25, -0.2) is 0 Å². The largest absolute Gasteiger partial charge is 0.0622 e. The molecule has 0 aliphatic rings. The zero-order valence-corrected chi connectivity index (χ0v) is 25.0. The van der Waals surface area contributed by atoms with E-state index in [4.69, 9.17) is 0 Å². The van der Waals surface area contributed by atoms with Crippen molar-refractivity contribution in [1.29, 1.82) is 0 Å². The van der Waals surface area contributed by atoms with E-state index in [1.165, 1.54) is 88.0 Å². The zero-order chi connectivity index (χ0) is 29.6. The summed E-state index contributed by atoms with van der Waals surface area (Å²) in [7, 11) is 0. The maximum absolute atomic E-state index is 2.41. The smallest absolute Gasteiger partial charge is 0.00199 e. The van der Waals surface area contributed by atoms with Gasteiger partial charge in [-0.3, -0.25) is 0 Å². The van der Waals surface area contributed by atoms with Crippen molar-refractivity contribution >= 4 is 32.3 Å². The highest BCUT2D eigenvalue weighted by molar-refractivity contribution is 6.24. The molecule has 0 bridgehead atoms. The number of fused-ring (bicyclic) bond motifs is 3. The molecule has 0 spiro atoms. The van der Waals surface area contributed by atoms with Crippen molar-refractivity contribution in [2.75, 3.05) is 0 Å². The molecule has 0 aliphatic heterocycles. The fourth-order valence-electron chi connectivity index (χ4n) is 6.73. The molecule has 0 atom stereocenters. The van der Waals surface area contributed by atoms with E-state index in [1.807, 2.05) is 0 Å². The van der Waals surface area contributed by atoms with Gasteiger partial charge < -0.3 is 0 Å². The van der Waals surface area contributed by atoms with Crippen LogP contribution in [0.25, 0.3) is 76.8 Å². The SMILES string of the molecule is Cc1ccc(-c2ccc3c(-c4cccc5ccccc45)c4cc(-c5ccc(C)cc5)ccc4c(-c4ccccc4)c3c2)cc1. The molecule has 0 N–H and O–H groups in total. The minimum atomic E-state index is 1.23. The third-order valence-corrected chi connectivity index (χ3v) is 9.01. The fraction of sp³-hybridized carbons (Fsp3) is 0.0455. The quantitative estimate of drug-likeness (QED) is 0.188. The highest BCUT2D eigenvalue weighted by Crippen LogP contribution is 2.47. The van der Waals surface area contributed by atoms with Crippen LogP contribution in [0.15, 0.2) is 158 Å². The Hall–Kier alpha value is -5.46. The van der Waals surface area contributed by atoms with Gasteiger partial charge in [0.05, 0.1) is 0 Å². The summed E-state index contributed by atoms with van der Waals surface area (Å²) in [5, 5.41) is 7.60. The van der Waals surface area contributed by atoms with E-state index in [0.717, 1.165) is 0 Å². The molecule has 0 aliphatic carbocycles. The van der Waals surface area contributed by atoms with Gasteiger partial charge in [0.15, 0.2) is 0 Å². The fourth-order valence-corrected chi connectivity index (χ4v) is 6.73. The topological polar surface area (TPSA) is 0 Å². The molecule has 0 nitrogen and oxygen atoms in total. The summed E-state index contributed by atoms with van der Waals surface area (Å²) in [5.74, 6) is 0. The second kappa shape index (κ2) is 10.7. The van der Waals surface area contributed by atoms with Crippen LogP contribution in [0.3, 0.4) is 0 Å². The van der Waals surface area contributed by atoms with Gasteiger partial charge in [-0.2, -0.15) is 0 Å². The molecule has 208 valence electrons. The first-order valence-corrected chi connectivity index (χ1v) is 15.4. The van der Waals surface area contributed by atoms with Gasteiger partial charge in [-0.1, -0.05) is 157 Å². The van der Waals surface area contributed by atoms with E-state index in [0.29, 0.717) is 0 Å². The molecule has 0 saturated carbocycles. The van der Waals surface area contributed by atoms with E-state index >= 15 is 0 Å². The second-order valence-corrected chi connectivity index (χ2v) is 11.9. The molecule has 0 amide bonds. The maximum atomic E-state index is 2.41. The Balaban J connectivity index is 1.54. The van der Waals surface area contributed by atoms with Crippen molar-refractivity contribution in [1.82, 2.24) is 0 Å². The van der Waals surface area contributed by atoms with Crippen molar-refractivity contribution in [2.24, 2.45) is 0 Å². The Labute approximate surface area is 258 Å². The Bertz CT molecular complexity index is 2300. The summed E-state index contributed by atoms with van der Waals surface area (Å²) in [5.41, 5.74) is 12.5. The normalized spacial score (nSPS) is 11.4. The van der Waals surface area contributed by atoms with Crippen LogP contribution in [0.5, 0.6) is 0 Å². The van der Waals surface area contributed by atoms with E-state index < -0.39 is 0 Å². The number of hydrogen-bond acceptors (Lipinski definition) is 0. The molecule has 0 heterocycles. The van der Waals surface area contributed by atoms with Crippen LogP contribution in [0.2, 0.25) is 0 Å². The number of hydrogen-bond donors (Lipinski definition) is 0. The van der Waals surface area contributed by atoms with Gasteiger partial charge >= 0.3 is 0 Å². The lowest BCUT2D eigenvalue weighted by molar-refractivity contribution is 1.47. The summed E-state index contributed by atoms with van der Waals surface area (Å²) in [6, 6.07) is 58.2. The van der Waals surface area contributed by atoms with Crippen LogP contribution in [0.4, 0.5) is 0 Å². The lowest BCUT2D eigenvalue weighted by Crippen LogP contribution is -1.93. The molecule has 0 aromatic heterocycles. The average molecular weight is 561 g/mol. The molecule has 0 radical (unpaired) electrons. The molecule has 0 saturated heterocycles. The highest BCUT2D eigenvalue weighted by Gasteiger charge is 2.19. The van der Waals surface area contributed by atoms with Crippen LogP contribution in [-0.4, -0.2) is 0 Å². The summed E-state index contributed by atoms with van der Waals surface area (Å²) >= 11 is 0. The molecule has 0 heteroatoms. The zero-order valence-electron chi connectivity index (χ0n) is 25.0. The van der Waals surface area contributed by atoms with Gasteiger partial charge in [0, 0.05) is 0 Å². The van der Waals surface area contributed by atoms with Crippen LogP contribution < -0.4 is 0 Å². The number of benzene rings is 8. The summed E-state index contributed by atoms with van der Waals surface area (Å²) < 4.78 is 0. The lowest BCUT2D eigenvalue weighted by Gasteiger charge is -2.20. The van der Waals surface area contributed by atoms with Crippen molar-refractivity contribution in [3.63, 3.8) is 0 Å². The third-order valence-electron chi connectivity index (χ3n) is 9.01. The van der Waals surface area contributed by atoms with Crippen molar-refractivity contribution in [3.05, 3.63) is 169 Å². The Morgan fingerprint density at radius 3 is 1.43 bits per heavy atom. The summed E-state index contributed by atoms with van der Waals surface area (Å²) in [6.45, 7) is 4.29. The maximum Gasteiger partial charge on any atom is -0.00199 e. The molecular formula is C44H32. The minimum absolute atomic E-state index is 1.23. The summed E-state index contributed by atoms with van der Waals surface area (Å²) in [6.07, 6.45) is 0. The number of rotatable bonds is 4. The van der Waals surface area contributed by atoms with Gasteiger partial charge in [-0.05, 0) is 103 Å². The van der Waals surface area contributed by atoms with E-state index in [9.17, 15) is 0 Å². The molecule has 0 fully saturated rings. The third kappa shape index (κ3) is 4.48. The van der Waals surface area contributed by atoms with Crippen LogP contribution in [0.1, 0.15) is 11.1 Å². The molecule has 8 aromatic rings. The second-order valence-electron chi connectivity index (χ2n) is 11.9. The van der Waals surface area contributed by atoms with Crippen molar-refractivity contribution in [2.45, 2.75) is 13.8 Å². The number of aryl methyl sites for hydroxylation is 2. The van der Waals surface area contributed by atoms with Gasteiger partial charge in [-0.15, -0.1) is 0 Å². The highest BCUT2D eigenvalue weighted by atomic mass is 14.2. The first kappa shape index (κ1) is 26.2. The van der Waals surface area contributed by atoms with E-state index in [-0.39, 0.29) is 0 Å². The predicted molar refractivity (Wildman–Crippen MR) is 190 cm³/mol. The molecule has 8 aromatic carbocycles. The molecule has 0 unspecified atom stereocenters. The monoisotopic (exact) mass is 560 g/mol. The molecule has 44 heavy (non-hydrogen) atoms. The predicted octanol–water partition coefficient (Wildman–Crippen LogP) is 12.4. The van der Waals surface area contributed by atoms with E-state index in [2.05, 4.69) is 172 Å². The Morgan fingerprint density at radius 1 is 0.295 bits per heavy atom. The van der Waals surface area contributed by atoms with Crippen molar-refractivity contribution in [3.8, 4) is 44.5 Å². The van der Waals surface area contributed by atoms with Crippen LogP contribution in [-0.2, 0) is 0 Å². The molecular weight excluding hydrogens is 528 g/mol. The van der Waals surface area contributed by atoms with Gasteiger partial charge in [0.2, 0.25) is 0 Å². The average Bonchev–Trinajstić information content (AvgIpc) is 3.07.